The van der Waals surface area contributed by atoms with Crippen LogP contribution >= 0.6 is 11.8 Å². The summed E-state index contributed by atoms with van der Waals surface area (Å²) in [5, 5.41) is 39.8. The molecule has 2 unspecified atom stereocenters. The fraction of sp³-hybridized carbons (Fsp3) is 0.338. The molecule has 0 spiro atoms. The Labute approximate surface area is 523 Å². The van der Waals surface area contributed by atoms with Crippen molar-refractivity contribution >= 4 is 45.8 Å². The molecule has 15 rings (SSSR count). The Morgan fingerprint density at radius 2 is 0.944 bits per heavy atom. The van der Waals surface area contributed by atoms with Gasteiger partial charge < -0.3 is 34.8 Å². The number of allylic oxidation sites excluding steroid dienone is 6. The molecule has 89 heavy (non-hydrogen) atoms. The van der Waals surface area contributed by atoms with Crippen molar-refractivity contribution in [1.29, 1.82) is 5.53 Å². The van der Waals surface area contributed by atoms with Gasteiger partial charge in [-0.2, -0.15) is 5.53 Å². The Morgan fingerprint density at radius 1 is 0.517 bits per heavy atom. The molecule has 18 heteroatoms. The molecule has 3 fully saturated rings. The van der Waals surface area contributed by atoms with Gasteiger partial charge in [-0.05, 0) is 174 Å². The van der Waals surface area contributed by atoms with E-state index in [4.69, 9.17) is 19.7 Å². The summed E-state index contributed by atoms with van der Waals surface area (Å²) in [5.74, 6) is 2.58. The van der Waals surface area contributed by atoms with Crippen LogP contribution in [-0.4, -0.2) is 112 Å². The topological polar surface area (TPSA) is 222 Å². The quantitative estimate of drug-likeness (QED) is 0.0438. The number of carbonyl (C=O) groups excluding carboxylic acids is 3. The summed E-state index contributed by atoms with van der Waals surface area (Å²) < 4.78 is 21.0. The second kappa shape index (κ2) is 27.9. The lowest BCUT2D eigenvalue weighted by molar-refractivity contribution is 0.0856. The van der Waals surface area contributed by atoms with Gasteiger partial charge in [0.1, 0.15) is 34.5 Å². The monoisotopic (exact) mass is 1220 g/mol. The van der Waals surface area contributed by atoms with Gasteiger partial charge in [0.2, 0.25) is 17.3 Å². The maximum atomic E-state index is 13.0. The number of phenols is 3. The minimum atomic E-state index is -0.518. The van der Waals surface area contributed by atoms with E-state index in [1.165, 1.54) is 77.5 Å². The van der Waals surface area contributed by atoms with Crippen LogP contribution in [0.5, 0.6) is 34.5 Å². The number of nitrogens with zero attached hydrogens (tertiary/aromatic N) is 6. The van der Waals surface area contributed by atoms with Crippen LogP contribution in [0, 0.1) is 5.53 Å². The summed E-state index contributed by atoms with van der Waals surface area (Å²) in [6.45, 7) is 9.66. The Kier molecular flexibility index (Phi) is 19.0. The SMILES string of the molecule is N=NN=NCl.O=C1/C(=C/C2=CCc3ccccc32)Oc2c1ccc(O)c2CN1CCCCC1.O=C1c2ccc(O)c(CN3CCCCC3)c2OC1CC1=CCc2ccccc21.O=C1c2ccc(O)c(CN3CCNCC3)c2OC1CC1=CCc2ccccc21. The highest BCUT2D eigenvalue weighted by Crippen LogP contribution is 2.45. The molecule has 0 bridgehead atoms. The molecule has 2 atom stereocenters. The number of aromatic hydroxyl groups is 3. The van der Waals surface area contributed by atoms with Gasteiger partial charge in [-0.3, -0.25) is 29.1 Å². The lowest BCUT2D eigenvalue weighted by atomic mass is 9.97. The zero-order chi connectivity index (χ0) is 61.4. The molecule has 17 nitrogen and oxygen atoms in total. The van der Waals surface area contributed by atoms with E-state index in [0.717, 1.165) is 99.4 Å². The first kappa shape index (κ1) is 60.7. The highest BCUT2D eigenvalue weighted by Gasteiger charge is 2.39. The number of halogens is 1. The first-order chi connectivity index (χ1) is 43.5. The number of phenolic OH excluding ortho intramolecular Hbond substituents is 3. The second-order valence-corrected chi connectivity index (χ2v) is 23.9. The average molecular weight is 1220 g/mol. The van der Waals surface area contributed by atoms with Gasteiger partial charge in [0, 0.05) is 58.7 Å². The van der Waals surface area contributed by atoms with Gasteiger partial charge in [-0.1, -0.05) is 108 Å². The van der Waals surface area contributed by atoms with E-state index in [1.54, 1.807) is 36.4 Å². The molecule has 0 radical (unpaired) electrons. The molecule has 458 valence electrons. The summed E-state index contributed by atoms with van der Waals surface area (Å²) >= 11 is 4.55. The standard InChI is InChI=1S/C24H25NO3.C24H23NO3.C23H24N2O3.ClHN4/c2*26-21-11-10-19-23(27)22(14-17-9-8-16-6-2-3-7-18(16)17)28-24(19)20(21)15-25-12-4-1-5-13-25;26-20-8-7-18-22(27)21(13-16-6-5-15-3-1-2-4-17(15)16)28-23(18)19(20)14-25-11-9-24-10-12-25;1-3-5-4-2/h2-3,6-7,9-11,22,26H,1,4-5,8,12-15H2;2-3,6-7,9-11,14,26H,1,4-5,8,12-13,15H2;1-4,6-8,21,24,26H,5,9-14H2;2H/b;22-14-;;. The fourth-order valence-corrected chi connectivity index (χ4v) is 13.6. The van der Waals surface area contributed by atoms with Crippen LogP contribution in [0.15, 0.2) is 154 Å². The van der Waals surface area contributed by atoms with E-state index in [2.05, 4.69) is 108 Å². The molecule has 6 aromatic carbocycles. The number of hydrogen-bond donors (Lipinski definition) is 5. The Bertz CT molecular complexity index is 3700. The molecule has 5 N–H and O–H groups in total. The van der Waals surface area contributed by atoms with Crippen molar-refractivity contribution in [2.24, 2.45) is 15.1 Å². The third-order valence-electron chi connectivity index (χ3n) is 18.2. The van der Waals surface area contributed by atoms with E-state index in [1.807, 2.05) is 36.4 Å². The molecule has 0 amide bonds. The predicted molar refractivity (Wildman–Crippen MR) is 341 cm³/mol. The maximum Gasteiger partial charge on any atom is 0.231 e. The number of carbonyl (C=O) groups is 3. The van der Waals surface area contributed by atoms with Gasteiger partial charge in [0.25, 0.3) is 0 Å². The molecule has 6 aliphatic heterocycles. The summed E-state index contributed by atoms with van der Waals surface area (Å²) in [5.41, 5.74) is 20.7. The van der Waals surface area contributed by atoms with Crippen LogP contribution < -0.4 is 19.5 Å². The van der Waals surface area contributed by atoms with Gasteiger partial charge in [0.15, 0.2) is 18.0 Å². The van der Waals surface area contributed by atoms with E-state index < -0.39 is 12.2 Å². The number of benzene rings is 6. The minimum absolute atomic E-state index is 0.0156. The number of Topliss-reactive ketones (excluding diaryl/α,β-unsaturated/α-hetero) is 3. The van der Waals surface area contributed by atoms with Crippen molar-refractivity contribution in [3.05, 3.63) is 206 Å². The van der Waals surface area contributed by atoms with Gasteiger partial charge in [0.05, 0.1) is 45.2 Å². The van der Waals surface area contributed by atoms with Gasteiger partial charge in [-0.25, -0.2) is 0 Å². The smallest absolute Gasteiger partial charge is 0.231 e. The number of piperazine rings is 1. The maximum absolute atomic E-state index is 13.0. The van der Waals surface area contributed by atoms with E-state index in [9.17, 15) is 29.7 Å². The summed E-state index contributed by atoms with van der Waals surface area (Å²) in [6, 6.07) is 34.9. The number of ketones is 3. The lowest BCUT2D eigenvalue weighted by Crippen LogP contribution is -2.42. The van der Waals surface area contributed by atoms with Crippen LogP contribution in [0.25, 0.3) is 16.7 Å². The third-order valence-corrected chi connectivity index (χ3v) is 18.3. The molecule has 9 aliphatic rings. The molecule has 6 aromatic rings. The molecular weight excluding hydrogens is 1140 g/mol. The predicted octanol–water partition coefficient (Wildman–Crippen LogP) is 13.1. The number of nitrogens with one attached hydrogen (secondary N) is 2. The van der Waals surface area contributed by atoms with Crippen LogP contribution in [0.4, 0.5) is 0 Å². The number of hydrogen-bond acceptors (Lipinski definition) is 15. The van der Waals surface area contributed by atoms with E-state index in [-0.39, 0.29) is 34.6 Å². The Hall–Kier alpha value is -8.58. The van der Waals surface area contributed by atoms with E-state index >= 15 is 0 Å². The van der Waals surface area contributed by atoms with Crippen LogP contribution in [0.1, 0.15) is 133 Å². The summed E-state index contributed by atoms with van der Waals surface area (Å²) in [6.07, 6.45) is 18.4. The summed E-state index contributed by atoms with van der Waals surface area (Å²) in [4.78, 5) is 45.9. The van der Waals surface area contributed by atoms with Crippen LogP contribution in [0.2, 0.25) is 0 Å². The summed E-state index contributed by atoms with van der Waals surface area (Å²) in [7, 11) is 0. The van der Waals surface area contributed by atoms with Crippen molar-refractivity contribution in [1.82, 2.24) is 20.0 Å². The van der Waals surface area contributed by atoms with Crippen molar-refractivity contribution < 1.29 is 43.9 Å². The Balaban J connectivity index is 0.000000125. The highest BCUT2D eigenvalue weighted by atomic mass is 35.5. The number of rotatable bonds is 12. The van der Waals surface area contributed by atoms with Crippen LogP contribution in [0.3, 0.4) is 0 Å². The lowest BCUT2D eigenvalue weighted by Gasteiger charge is -2.28. The zero-order valence-electron chi connectivity index (χ0n) is 49.8. The molecule has 0 aromatic heterocycles. The molecule has 0 saturated carbocycles. The molecular formula is C71H73ClN8O9. The molecule has 6 heterocycles. The van der Waals surface area contributed by atoms with Gasteiger partial charge >= 0.3 is 0 Å². The normalized spacial score (nSPS) is 20.2. The molecule has 3 aliphatic carbocycles. The first-order valence-corrected chi connectivity index (χ1v) is 31.4. The number of likely N-dealkylation sites (tertiary alicyclic amines) is 2. The fourth-order valence-electron chi connectivity index (χ4n) is 13.5. The van der Waals surface area contributed by atoms with E-state index in [0.29, 0.717) is 72.2 Å². The van der Waals surface area contributed by atoms with Crippen LogP contribution in [-0.2, 0) is 38.9 Å². The number of ether oxygens (including phenoxy) is 3. The highest BCUT2D eigenvalue weighted by molar-refractivity contribution is 6.14. The third kappa shape index (κ3) is 13.4. The van der Waals surface area contributed by atoms with Crippen molar-refractivity contribution in [2.75, 3.05) is 52.4 Å². The van der Waals surface area contributed by atoms with Crippen molar-refractivity contribution in [2.45, 2.75) is 102 Å². The molecule has 3 saturated heterocycles. The van der Waals surface area contributed by atoms with Crippen molar-refractivity contribution in [3.8, 4) is 34.5 Å². The number of piperidine rings is 2. The van der Waals surface area contributed by atoms with Gasteiger partial charge in [-0.15, -0.1) is 0 Å². The number of fused-ring (bicyclic) bond motifs is 6. The zero-order valence-corrected chi connectivity index (χ0v) is 50.5. The van der Waals surface area contributed by atoms with Crippen molar-refractivity contribution in [3.63, 3.8) is 0 Å². The Morgan fingerprint density at radius 3 is 1.42 bits per heavy atom. The first-order valence-electron chi connectivity index (χ1n) is 31.0. The minimum Gasteiger partial charge on any atom is -0.507 e. The largest absolute Gasteiger partial charge is 0.507 e. The average Bonchev–Trinajstić information content (AvgIpc) is 3.06. The second-order valence-electron chi connectivity index (χ2n) is 23.8.